The number of aromatic nitrogens is 1. The van der Waals surface area contributed by atoms with Gasteiger partial charge in [0, 0.05) is 39.5 Å². The lowest BCUT2D eigenvalue weighted by Crippen LogP contribution is -2.28. The molecule has 118 valence electrons. The quantitative estimate of drug-likeness (QED) is 0.780. The second-order valence-corrected chi connectivity index (χ2v) is 6.03. The Bertz CT molecular complexity index is 420. The lowest BCUT2D eigenvalue weighted by Gasteiger charge is -2.23. The first-order valence-corrected chi connectivity index (χ1v) is 7.73. The molecule has 1 atom stereocenters. The van der Waals surface area contributed by atoms with E-state index in [9.17, 15) is 5.11 Å². The fourth-order valence-corrected chi connectivity index (χ4v) is 2.61. The van der Waals surface area contributed by atoms with Crippen molar-refractivity contribution in [1.82, 2.24) is 10.3 Å². The summed E-state index contributed by atoms with van der Waals surface area (Å²) in [5.74, 6) is 1.01. The van der Waals surface area contributed by atoms with Crippen molar-refractivity contribution >= 4 is 5.82 Å². The lowest BCUT2D eigenvalue weighted by molar-refractivity contribution is 0.0481. The summed E-state index contributed by atoms with van der Waals surface area (Å²) in [5.41, 5.74) is 0.650. The van der Waals surface area contributed by atoms with Gasteiger partial charge in [-0.2, -0.15) is 0 Å². The molecule has 1 saturated heterocycles. The molecule has 1 fully saturated rings. The first kappa shape index (κ1) is 16.2. The Morgan fingerprint density at radius 2 is 2.24 bits per heavy atom. The van der Waals surface area contributed by atoms with Crippen LogP contribution in [0, 0.1) is 0 Å². The van der Waals surface area contributed by atoms with Crippen LogP contribution in [-0.2, 0) is 11.3 Å². The zero-order chi connectivity index (χ0) is 15.1. The zero-order valence-corrected chi connectivity index (χ0v) is 13.1. The van der Waals surface area contributed by atoms with Crippen molar-refractivity contribution in [2.75, 3.05) is 38.3 Å². The number of nitrogens with zero attached hydrogens (tertiary/aromatic N) is 2. The third-order valence-corrected chi connectivity index (χ3v) is 4.01. The molecule has 0 saturated carbocycles. The van der Waals surface area contributed by atoms with Crippen molar-refractivity contribution in [1.29, 1.82) is 0 Å². The first-order valence-electron chi connectivity index (χ1n) is 7.73. The molecule has 5 heteroatoms. The molecule has 1 aliphatic heterocycles. The standard InChI is InChI=1S/C16H27N3O2/c1-16(20)6-3-9-19(10-7-16)15-5-4-14(13-18-15)12-17-8-11-21-2/h4-5,13,17,20H,3,6-12H2,1-2H3. The molecule has 2 rings (SSSR count). The Kier molecular flexibility index (Phi) is 5.96. The van der Waals surface area contributed by atoms with Crippen molar-refractivity contribution in [2.24, 2.45) is 0 Å². The van der Waals surface area contributed by atoms with E-state index in [4.69, 9.17) is 4.74 Å². The molecule has 21 heavy (non-hydrogen) atoms. The van der Waals surface area contributed by atoms with Crippen LogP contribution in [0.3, 0.4) is 0 Å². The topological polar surface area (TPSA) is 57.6 Å². The average molecular weight is 293 g/mol. The van der Waals surface area contributed by atoms with Gasteiger partial charge in [0.05, 0.1) is 12.2 Å². The molecule has 0 aliphatic carbocycles. The molecule has 0 radical (unpaired) electrons. The van der Waals surface area contributed by atoms with Gasteiger partial charge >= 0.3 is 0 Å². The van der Waals surface area contributed by atoms with Crippen molar-refractivity contribution in [2.45, 2.75) is 38.3 Å². The third kappa shape index (κ3) is 5.26. The van der Waals surface area contributed by atoms with E-state index in [1.165, 1.54) is 5.56 Å². The minimum Gasteiger partial charge on any atom is -0.390 e. The van der Waals surface area contributed by atoms with Gasteiger partial charge in [0.25, 0.3) is 0 Å². The molecule has 2 N–H and O–H groups in total. The highest BCUT2D eigenvalue weighted by atomic mass is 16.5. The fourth-order valence-electron chi connectivity index (χ4n) is 2.61. The van der Waals surface area contributed by atoms with Crippen LogP contribution < -0.4 is 10.2 Å². The molecule has 0 amide bonds. The number of nitrogens with one attached hydrogen (secondary N) is 1. The van der Waals surface area contributed by atoms with E-state index in [1.807, 2.05) is 13.1 Å². The Morgan fingerprint density at radius 1 is 1.38 bits per heavy atom. The van der Waals surface area contributed by atoms with E-state index in [1.54, 1.807) is 7.11 Å². The largest absolute Gasteiger partial charge is 0.390 e. The maximum absolute atomic E-state index is 10.1. The molecular formula is C16H27N3O2. The summed E-state index contributed by atoms with van der Waals surface area (Å²) in [6, 6.07) is 4.19. The van der Waals surface area contributed by atoms with Gasteiger partial charge in [-0.15, -0.1) is 0 Å². The SMILES string of the molecule is COCCNCc1ccc(N2CCCC(C)(O)CC2)nc1. The molecule has 5 nitrogen and oxygen atoms in total. The zero-order valence-electron chi connectivity index (χ0n) is 13.1. The molecule has 1 aromatic heterocycles. The summed E-state index contributed by atoms with van der Waals surface area (Å²) >= 11 is 0. The summed E-state index contributed by atoms with van der Waals surface area (Å²) in [4.78, 5) is 6.83. The number of ether oxygens (including phenoxy) is 1. The Morgan fingerprint density at radius 3 is 2.95 bits per heavy atom. The van der Waals surface area contributed by atoms with Gasteiger partial charge < -0.3 is 20.1 Å². The second-order valence-electron chi connectivity index (χ2n) is 6.03. The van der Waals surface area contributed by atoms with Gasteiger partial charge in [-0.1, -0.05) is 6.07 Å². The monoisotopic (exact) mass is 293 g/mol. The number of methoxy groups -OCH3 is 1. The van der Waals surface area contributed by atoms with Gasteiger partial charge in [-0.05, 0) is 37.8 Å². The van der Waals surface area contributed by atoms with Gasteiger partial charge in [-0.25, -0.2) is 4.98 Å². The number of pyridine rings is 1. The maximum atomic E-state index is 10.1. The number of hydrogen-bond donors (Lipinski definition) is 2. The van der Waals surface area contributed by atoms with Crippen LogP contribution in [0.1, 0.15) is 31.7 Å². The highest BCUT2D eigenvalue weighted by Gasteiger charge is 2.25. The van der Waals surface area contributed by atoms with Gasteiger partial charge in [0.15, 0.2) is 0 Å². The Hall–Kier alpha value is -1.17. The van der Waals surface area contributed by atoms with E-state index < -0.39 is 5.60 Å². The Balaban J connectivity index is 1.86. The number of anilines is 1. The number of hydrogen-bond acceptors (Lipinski definition) is 5. The van der Waals surface area contributed by atoms with Crippen molar-refractivity contribution in [3.05, 3.63) is 23.9 Å². The van der Waals surface area contributed by atoms with Crippen molar-refractivity contribution in [3.63, 3.8) is 0 Å². The summed E-state index contributed by atoms with van der Waals surface area (Å²) < 4.78 is 5.00. The molecule has 1 aromatic rings. The van der Waals surface area contributed by atoms with Crippen molar-refractivity contribution in [3.8, 4) is 0 Å². The normalized spacial score (nSPS) is 23.1. The van der Waals surface area contributed by atoms with E-state index in [-0.39, 0.29) is 0 Å². The van der Waals surface area contributed by atoms with Crippen molar-refractivity contribution < 1.29 is 9.84 Å². The summed E-state index contributed by atoms with van der Waals surface area (Å²) in [5, 5.41) is 13.4. The molecular weight excluding hydrogens is 266 g/mol. The van der Waals surface area contributed by atoms with E-state index in [0.717, 1.165) is 57.9 Å². The summed E-state index contributed by atoms with van der Waals surface area (Å²) in [6.45, 7) is 6.14. The minimum atomic E-state index is -0.528. The molecule has 0 aromatic carbocycles. The van der Waals surface area contributed by atoms with Crippen LogP contribution in [-0.4, -0.2) is 49.0 Å². The molecule has 0 spiro atoms. The minimum absolute atomic E-state index is 0.528. The van der Waals surface area contributed by atoms with Gasteiger partial charge in [0.1, 0.15) is 5.82 Å². The Labute approximate surface area is 127 Å². The molecule has 0 bridgehead atoms. The third-order valence-electron chi connectivity index (χ3n) is 4.01. The second kappa shape index (κ2) is 7.73. The van der Waals surface area contributed by atoms with Crippen LogP contribution in [0.2, 0.25) is 0 Å². The molecule has 1 unspecified atom stereocenters. The maximum Gasteiger partial charge on any atom is 0.128 e. The van der Waals surface area contributed by atoms with E-state index >= 15 is 0 Å². The highest BCUT2D eigenvalue weighted by molar-refractivity contribution is 5.39. The predicted octanol–water partition coefficient (Wildman–Crippen LogP) is 1.56. The first-order chi connectivity index (χ1) is 10.1. The van der Waals surface area contributed by atoms with Gasteiger partial charge in [0.2, 0.25) is 0 Å². The number of rotatable bonds is 6. The van der Waals surface area contributed by atoms with E-state index in [0.29, 0.717) is 0 Å². The highest BCUT2D eigenvalue weighted by Crippen LogP contribution is 2.24. The van der Waals surface area contributed by atoms with Crippen LogP contribution in [0.5, 0.6) is 0 Å². The average Bonchev–Trinajstić information content (AvgIpc) is 2.65. The van der Waals surface area contributed by atoms with Crippen LogP contribution in [0.4, 0.5) is 5.82 Å². The molecule has 2 heterocycles. The summed E-state index contributed by atoms with van der Waals surface area (Å²) in [7, 11) is 1.70. The van der Waals surface area contributed by atoms with Crippen LogP contribution in [0.25, 0.3) is 0 Å². The lowest BCUT2D eigenvalue weighted by atomic mass is 9.98. The smallest absolute Gasteiger partial charge is 0.128 e. The van der Waals surface area contributed by atoms with Crippen LogP contribution >= 0.6 is 0 Å². The van der Waals surface area contributed by atoms with Gasteiger partial charge in [-0.3, -0.25) is 0 Å². The number of aliphatic hydroxyl groups is 1. The van der Waals surface area contributed by atoms with E-state index in [2.05, 4.69) is 27.3 Å². The molecule has 1 aliphatic rings. The predicted molar refractivity (Wildman–Crippen MR) is 84.5 cm³/mol. The summed E-state index contributed by atoms with van der Waals surface area (Å²) in [6.07, 6.45) is 4.60. The fraction of sp³-hybridized carbons (Fsp3) is 0.688. The van der Waals surface area contributed by atoms with Crippen LogP contribution in [0.15, 0.2) is 18.3 Å².